The maximum atomic E-state index is 6.11. The number of hydrazine groups is 1. The van der Waals surface area contributed by atoms with Gasteiger partial charge in [0, 0.05) is 7.11 Å². The third kappa shape index (κ3) is 2.80. The molecule has 4 N–H and O–H groups in total. The molecule has 0 radical (unpaired) electrons. The zero-order valence-electron chi connectivity index (χ0n) is 10.0. The van der Waals surface area contributed by atoms with Crippen molar-refractivity contribution in [1.82, 2.24) is 4.98 Å². The van der Waals surface area contributed by atoms with Crippen LogP contribution in [0.3, 0.4) is 0 Å². The van der Waals surface area contributed by atoms with Crippen molar-refractivity contribution in [3.63, 3.8) is 0 Å². The molecule has 0 bridgehead atoms. The Labute approximate surface area is 116 Å². The molecule has 7 heteroatoms. The maximum absolute atomic E-state index is 6.11. The fourth-order valence-electron chi connectivity index (χ4n) is 2.22. The Hall–Kier alpha value is -0.750. The van der Waals surface area contributed by atoms with Crippen LogP contribution >= 0.6 is 23.2 Å². The number of nitrogens with zero attached hydrogens (tertiary/aromatic N) is 1. The Morgan fingerprint density at radius 3 is 2.72 bits per heavy atom. The molecule has 1 fully saturated rings. The van der Waals surface area contributed by atoms with E-state index in [9.17, 15) is 0 Å². The van der Waals surface area contributed by atoms with Crippen molar-refractivity contribution >= 4 is 34.8 Å². The van der Waals surface area contributed by atoms with Crippen LogP contribution in [0.15, 0.2) is 6.07 Å². The van der Waals surface area contributed by atoms with Gasteiger partial charge < -0.3 is 15.5 Å². The fourth-order valence-corrected chi connectivity index (χ4v) is 2.69. The van der Waals surface area contributed by atoms with E-state index in [4.69, 9.17) is 33.8 Å². The van der Waals surface area contributed by atoms with Crippen molar-refractivity contribution in [2.75, 3.05) is 17.9 Å². The van der Waals surface area contributed by atoms with Gasteiger partial charge >= 0.3 is 0 Å². The second kappa shape index (κ2) is 5.93. The molecule has 1 aromatic rings. The van der Waals surface area contributed by atoms with Crippen molar-refractivity contribution in [2.45, 2.75) is 31.4 Å². The van der Waals surface area contributed by atoms with Crippen LogP contribution in [0, 0.1) is 0 Å². The molecule has 0 aliphatic heterocycles. The summed E-state index contributed by atoms with van der Waals surface area (Å²) < 4.78 is 5.42. The first kappa shape index (κ1) is 13.7. The highest BCUT2D eigenvalue weighted by Gasteiger charge is 2.28. The summed E-state index contributed by atoms with van der Waals surface area (Å²) in [5, 5.41) is 4.15. The van der Waals surface area contributed by atoms with Gasteiger partial charge in [0.05, 0.1) is 22.2 Å². The van der Waals surface area contributed by atoms with E-state index < -0.39 is 0 Å². The van der Waals surface area contributed by atoms with Gasteiger partial charge in [-0.3, -0.25) is 0 Å². The van der Waals surface area contributed by atoms with E-state index >= 15 is 0 Å². The molecule has 1 aliphatic rings. The molecule has 18 heavy (non-hydrogen) atoms. The summed E-state index contributed by atoms with van der Waals surface area (Å²) >= 11 is 12.0. The van der Waals surface area contributed by atoms with Crippen molar-refractivity contribution in [3.05, 3.63) is 16.1 Å². The van der Waals surface area contributed by atoms with Crippen LogP contribution in [0.2, 0.25) is 10.0 Å². The smallest absolute Gasteiger partial charge is 0.161 e. The minimum atomic E-state index is 0.188. The summed E-state index contributed by atoms with van der Waals surface area (Å²) in [6.45, 7) is 0. The predicted molar refractivity (Wildman–Crippen MR) is 74.1 cm³/mol. The van der Waals surface area contributed by atoms with Gasteiger partial charge in [-0.2, -0.15) is 0 Å². The zero-order valence-corrected chi connectivity index (χ0v) is 11.6. The van der Waals surface area contributed by atoms with E-state index in [2.05, 4.69) is 15.7 Å². The molecule has 2 atom stereocenters. The number of rotatable bonds is 4. The van der Waals surface area contributed by atoms with Crippen molar-refractivity contribution in [1.29, 1.82) is 0 Å². The minimum Gasteiger partial charge on any atom is -0.379 e. The fraction of sp³-hybridized carbons (Fsp3) is 0.545. The van der Waals surface area contributed by atoms with E-state index in [-0.39, 0.29) is 12.1 Å². The summed E-state index contributed by atoms with van der Waals surface area (Å²) in [6.07, 6.45) is 3.39. The summed E-state index contributed by atoms with van der Waals surface area (Å²) in [5.74, 6) is 6.31. The average molecular weight is 291 g/mol. The van der Waals surface area contributed by atoms with Crippen LogP contribution in [-0.4, -0.2) is 24.2 Å². The first-order chi connectivity index (χ1) is 8.65. The quantitative estimate of drug-likeness (QED) is 0.587. The zero-order chi connectivity index (χ0) is 13.1. The Morgan fingerprint density at radius 2 is 2.06 bits per heavy atom. The van der Waals surface area contributed by atoms with Gasteiger partial charge in [0.2, 0.25) is 0 Å². The number of nitrogen functional groups attached to an aromatic ring is 1. The number of pyridine rings is 1. The van der Waals surface area contributed by atoms with Gasteiger partial charge in [-0.25, -0.2) is 10.8 Å². The highest BCUT2D eigenvalue weighted by molar-refractivity contribution is 6.37. The van der Waals surface area contributed by atoms with Crippen LogP contribution in [0.4, 0.5) is 11.6 Å². The minimum absolute atomic E-state index is 0.188. The molecular formula is C11H16Cl2N4O. The Bertz CT molecular complexity index is 430. The van der Waals surface area contributed by atoms with Gasteiger partial charge in [-0.15, -0.1) is 0 Å². The molecule has 0 saturated heterocycles. The third-order valence-corrected chi connectivity index (χ3v) is 3.72. The van der Waals surface area contributed by atoms with Crippen molar-refractivity contribution in [3.8, 4) is 0 Å². The number of methoxy groups -OCH3 is 1. The number of halogens is 2. The largest absolute Gasteiger partial charge is 0.379 e. The SMILES string of the molecule is COC1CCCC1Nc1nc(NN)c(Cl)cc1Cl. The number of aromatic nitrogens is 1. The standard InChI is InChI=1S/C11H16Cl2N4O/c1-18-9-4-2-3-8(9)15-10-6(12)5-7(13)11(16-10)17-14/h5,8-9H,2-4,14H2,1H3,(H2,15,16,17). The van der Waals surface area contributed by atoms with Crippen LogP contribution in [0.1, 0.15) is 19.3 Å². The van der Waals surface area contributed by atoms with Crippen LogP contribution in [0.25, 0.3) is 0 Å². The number of hydrogen-bond acceptors (Lipinski definition) is 5. The Kier molecular flexibility index (Phi) is 4.50. The number of hydrogen-bond donors (Lipinski definition) is 3. The van der Waals surface area contributed by atoms with Crippen LogP contribution in [0.5, 0.6) is 0 Å². The number of anilines is 2. The Morgan fingerprint density at radius 1 is 1.33 bits per heavy atom. The summed E-state index contributed by atoms with van der Waals surface area (Å²) in [6, 6.07) is 1.83. The van der Waals surface area contributed by atoms with E-state index in [1.165, 1.54) is 0 Å². The molecule has 1 heterocycles. The second-order valence-corrected chi connectivity index (χ2v) is 5.06. The Balaban J connectivity index is 2.18. The lowest BCUT2D eigenvalue weighted by atomic mass is 10.2. The maximum Gasteiger partial charge on any atom is 0.161 e. The van der Waals surface area contributed by atoms with Gasteiger partial charge in [-0.1, -0.05) is 23.2 Å². The number of nitrogens with one attached hydrogen (secondary N) is 2. The van der Waals surface area contributed by atoms with Crippen molar-refractivity contribution in [2.24, 2.45) is 5.84 Å². The van der Waals surface area contributed by atoms with E-state index in [0.717, 1.165) is 19.3 Å². The monoisotopic (exact) mass is 290 g/mol. The predicted octanol–water partition coefficient (Wildman–Crippen LogP) is 2.65. The summed E-state index contributed by atoms with van der Waals surface area (Å²) in [4.78, 5) is 4.26. The lowest BCUT2D eigenvalue weighted by molar-refractivity contribution is 0.101. The molecule has 2 rings (SSSR count). The van der Waals surface area contributed by atoms with E-state index in [0.29, 0.717) is 21.7 Å². The average Bonchev–Trinajstić information content (AvgIpc) is 2.79. The summed E-state index contributed by atoms with van der Waals surface area (Å²) in [5.41, 5.74) is 2.44. The highest BCUT2D eigenvalue weighted by Crippen LogP contribution is 2.31. The topological polar surface area (TPSA) is 72.2 Å². The molecule has 0 spiro atoms. The van der Waals surface area contributed by atoms with E-state index in [1.807, 2.05) is 0 Å². The number of ether oxygens (including phenoxy) is 1. The van der Waals surface area contributed by atoms with Crippen LogP contribution < -0.4 is 16.6 Å². The van der Waals surface area contributed by atoms with Gasteiger partial charge in [0.25, 0.3) is 0 Å². The van der Waals surface area contributed by atoms with E-state index in [1.54, 1.807) is 13.2 Å². The van der Waals surface area contributed by atoms with Gasteiger partial charge in [0.1, 0.15) is 5.82 Å². The molecular weight excluding hydrogens is 275 g/mol. The highest BCUT2D eigenvalue weighted by atomic mass is 35.5. The van der Waals surface area contributed by atoms with Gasteiger partial charge in [-0.05, 0) is 25.3 Å². The van der Waals surface area contributed by atoms with Crippen molar-refractivity contribution < 1.29 is 4.74 Å². The first-order valence-electron chi connectivity index (χ1n) is 5.77. The molecule has 1 aromatic heterocycles. The second-order valence-electron chi connectivity index (χ2n) is 4.25. The molecule has 5 nitrogen and oxygen atoms in total. The lowest BCUT2D eigenvalue weighted by Gasteiger charge is -2.21. The summed E-state index contributed by atoms with van der Waals surface area (Å²) in [7, 11) is 1.72. The third-order valence-electron chi connectivity index (χ3n) is 3.14. The molecule has 0 amide bonds. The molecule has 1 saturated carbocycles. The molecule has 100 valence electrons. The van der Waals surface area contributed by atoms with Crippen LogP contribution in [-0.2, 0) is 4.74 Å². The molecule has 2 unspecified atom stereocenters. The number of nitrogens with two attached hydrogens (primary N) is 1. The van der Waals surface area contributed by atoms with Gasteiger partial charge in [0.15, 0.2) is 5.82 Å². The normalized spacial score (nSPS) is 23.1. The molecule has 1 aliphatic carbocycles. The first-order valence-corrected chi connectivity index (χ1v) is 6.53. The lowest BCUT2D eigenvalue weighted by Crippen LogP contribution is -2.30. The molecule has 0 aromatic carbocycles.